The van der Waals surface area contributed by atoms with Gasteiger partial charge in [0.05, 0.1) is 24.8 Å². The van der Waals surface area contributed by atoms with Gasteiger partial charge in [-0.25, -0.2) is 4.98 Å². The molecule has 2 aromatic heterocycles. The molecule has 5 aromatic carbocycles. The first-order chi connectivity index (χ1) is 19.5. The minimum Gasteiger partial charge on any atom is -0.291 e. The molecule has 0 saturated carbocycles. The molecule has 0 spiro atoms. The Bertz CT molecular complexity index is 1920. The van der Waals surface area contributed by atoms with Crippen LogP contribution in [0.5, 0.6) is 0 Å². The first-order valence-corrected chi connectivity index (χ1v) is 18.1. The molecule has 0 amide bonds. The number of rotatable bonds is 5. The number of aromatic nitrogens is 2. The summed E-state index contributed by atoms with van der Waals surface area (Å²) in [4.78, 5) is 5.32. The summed E-state index contributed by atoms with van der Waals surface area (Å²) < 4.78 is 3.71. The molecular formula is C36H30N2SSi. The van der Waals surface area contributed by atoms with Crippen molar-refractivity contribution in [2.24, 2.45) is 0 Å². The molecular weight excluding hydrogens is 521 g/mol. The summed E-state index contributed by atoms with van der Waals surface area (Å²) in [6, 6.07) is 43.7. The standard InChI is InChI=1S/C36H30N2SSi/c1-40(2,3)27-21-22-34-30(23-27)31(24-39-34)36-37-32-19-10-11-20-33(32)38(36)35-28(25-13-6-4-7-14-25)17-12-18-29(35)26-15-8-5-9-16-26/h4-24H,1-3H3. The highest BCUT2D eigenvalue weighted by molar-refractivity contribution is 7.17. The number of hydrogen-bond acceptors (Lipinski definition) is 2. The van der Waals surface area contributed by atoms with Gasteiger partial charge < -0.3 is 0 Å². The average molecular weight is 551 g/mol. The van der Waals surface area contributed by atoms with Gasteiger partial charge >= 0.3 is 0 Å². The molecule has 2 heterocycles. The molecule has 40 heavy (non-hydrogen) atoms. The lowest BCUT2D eigenvalue weighted by molar-refractivity contribution is 1.11. The van der Waals surface area contributed by atoms with Gasteiger partial charge in [-0.05, 0) is 29.3 Å². The third-order valence-corrected chi connectivity index (χ3v) is 10.7. The van der Waals surface area contributed by atoms with Gasteiger partial charge in [-0.3, -0.25) is 4.57 Å². The van der Waals surface area contributed by atoms with Crippen LogP contribution in [0.15, 0.2) is 127 Å². The van der Waals surface area contributed by atoms with Crippen LogP contribution in [0.3, 0.4) is 0 Å². The van der Waals surface area contributed by atoms with Crippen molar-refractivity contribution in [1.29, 1.82) is 0 Å². The monoisotopic (exact) mass is 550 g/mol. The largest absolute Gasteiger partial charge is 0.291 e. The predicted molar refractivity (Wildman–Crippen MR) is 176 cm³/mol. The molecule has 2 nitrogen and oxygen atoms in total. The summed E-state index contributed by atoms with van der Waals surface area (Å²) >= 11 is 1.81. The van der Waals surface area contributed by atoms with E-state index >= 15 is 0 Å². The van der Waals surface area contributed by atoms with Crippen molar-refractivity contribution in [2.45, 2.75) is 19.6 Å². The molecule has 7 aromatic rings. The van der Waals surface area contributed by atoms with Gasteiger partial charge in [-0.1, -0.05) is 128 Å². The van der Waals surface area contributed by atoms with Crippen LogP contribution in [-0.2, 0) is 0 Å². The van der Waals surface area contributed by atoms with Crippen LogP contribution in [0.2, 0.25) is 19.6 Å². The smallest absolute Gasteiger partial charge is 0.147 e. The van der Waals surface area contributed by atoms with Crippen molar-refractivity contribution < 1.29 is 0 Å². The van der Waals surface area contributed by atoms with Gasteiger partial charge in [0.2, 0.25) is 0 Å². The zero-order valence-corrected chi connectivity index (χ0v) is 24.7. The first kappa shape index (κ1) is 24.8. The molecule has 4 heteroatoms. The van der Waals surface area contributed by atoms with Gasteiger partial charge in [0.25, 0.3) is 0 Å². The van der Waals surface area contributed by atoms with Crippen molar-refractivity contribution in [3.8, 4) is 39.3 Å². The van der Waals surface area contributed by atoms with Crippen LogP contribution in [0.1, 0.15) is 0 Å². The summed E-state index contributed by atoms with van der Waals surface area (Å²) in [5, 5.41) is 5.06. The van der Waals surface area contributed by atoms with E-state index in [0.717, 1.165) is 22.5 Å². The van der Waals surface area contributed by atoms with Crippen LogP contribution in [0.4, 0.5) is 0 Å². The molecule has 0 fully saturated rings. The number of para-hydroxylation sites is 3. The van der Waals surface area contributed by atoms with Crippen LogP contribution in [0.25, 0.3) is 60.4 Å². The molecule has 0 radical (unpaired) electrons. The van der Waals surface area contributed by atoms with Crippen molar-refractivity contribution in [3.05, 3.63) is 127 Å². The molecule has 0 unspecified atom stereocenters. The van der Waals surface area contributed by atoms with E-state index in [1.165, 1.54) is 43.1 Å². The average Bonchev–Trinajstić information content (AvgIpc) is 3.58. The van der Waals surface area contributed by atoms with Gasteiger partial charge in [-0.2, -0.15) is 0 Å². The van der Waals surface area contributed by atoms with Crippen molar-refractivity contribution in [1.82, 2.24) is 9.55 Å². The van der Waals surface area contributed by atoms with E-state index < -0.39 is 8.07 Å². The molecule has 0 N–H and O–H groups in total. The maximum atomic E-state index is 5.32. The van der Waals surface area contributed by atoms with E-state index in [-0.39, 0.29) is 0 Å². The molecule has 0 aliphatic heterocycles. The summed E-state index contributed by atoms with van der Waals surface area (Å²) in [7, 11) is -1.49. The summed E-state index contributed by atoms with van der Waals surface area (Å²) in [5.41, 5.74) is 9.22. The second kappa shape index (κ2) is 9.74. The Hall–Kier alpha value is -4.25. The molecule has 7 rings (SSSR count). The Labute approximate surface area is 240 Å². The van der Waals surface area contributed by atoms with Crippen LogP contribution in [0, 0.1) is 0 Å². The lowest BCUT2D eigenvalue weighted by Gasteiger charge is -2.20. The van der Waals surface area contributed by atoms with Gasteiger partial charge in [-0.15, -0.1) is 11.3 Å². The molecule has 0 aliphatic rings. The van der Waals surface area contributed by atoms with Crippen molar-refractivity contribution >= 4 is 45.7 Å². The van der Waals surface area contributed by atoms with E-state index in [1.54, 1.807) is 11.3 Å². The van der Waals surface area contributed by atoms with Gasteiger partial charge in [0.1, 0.15) is 5.82 Å². The Kier molecular flexibility index (Phi) is 6.03. The normalized spacial score (nSPS) is 11.9. The second-order valence-corrected chi connectivity index (χ2v) is 17.3. The van der Waals surface area contributed by atoms with Gasteiger partial charge in [0.15, 0.2) is 0 Å². The number of fused-ring (bicyclic) bond motifs is 2. The van der Waals surface area contributed by atoms with Crippen LogP contribution < -0.4 is 5.19 Å². The summed E-state index contributed by atoms with van der Waals surface area (Å²) in [6.45, 7) is 7.24. The molecule has 0 aliphatic carbocycles. The minimum atomic E-state index is -1.49. The van der Waals surface area contributed by atoms with E-state index in [1.807, 2.05) is 0 Å². The topological polar surface area (TPSA) is 17.8 Å². The second-order valence-electron chi connectivity index (χ2n) is 11.3. The molecule has 194 valence electrons. The maximum absolute atomic E-state index is 5.32. The fourth-order valence-corrected chi connectivity index (χ4v) is 7.67. The summed E-state index contributed by atoms with van der Waals surface area (Å²) in [5.74, 6) is 0.987. The van der Waals surface area contributed by atoms with E-state index in [9.17, 15) is 0 Å². The van der Waals surface area contributed by atoms with Crippen molar-refractivity contribution in [3.63, 3.8) is 0 Å². The van der Waals surface area contributed by atoms with E-state index in [0.29, 0.717) is 0 Å². The highest BCUT2D eigenvalue weighted by Gasteiger charge is 2.24. The Balaban J connectivity index is 1.60. The number of nitrogens with zero attached hydrogens (tertiary/aromatic N) is 2. The third-order valence-electron chi connectivity index (χ3n) is 7.67. The van der Waals surface area contributed by atoms with Crippen molar-refractivity contribution in [2.75, 3.05) is 0 Å². The number of benzene rings is 5. The number of hydrogen-bond donors (Lipinski definition) is 0. The highest BCUT2D eigenvalue weighted by atomic mass is 32.1. The molecule has 0 bridgehead atoms. The maximum Gasteiger partial charge on any atom is 0.147 e. The van der Waals surface area contributed by atoms with E-state index in [4.69, 9.17) is 4.98 Å². The first-order valence-electron chi connectivity index (χ1n) is 13.7. The number of thiophene rings is 1. The minimum absolute atomic E-state index is 0.987. The fraction of sp³-hybridized carbons (Fsp3) is 0.0833. The van der Waals surface area contributed by atoms with Crippen LogP contribution >= 0.6 is 11.3 Å². The summed E-state index contributed by atoms with van der Waals surface area (Å²) in [6.07, 6.45) is 0. The lowest BCUT2D eigenvalue weighted by atomic mass is 9.95. The third kappa shape index (κ3) is 4.21. The Morgan fingerprint density at radius 1 is 0.625 bits per heavy atom. The predicted octanol–water partition coefficient (Wildman–Crippen LogP) is 9.79. The zero-order chi connectivity index (χ0) is 27.3. The number of imidazole rings is 1. The van der Waals surface area contributed by atoms with E-state index in [2.05, 4.69) is 151 Å². The molecule has 0 saturated heterocycles. The SMILES string of the molecule is C[Si](C)(C)c1ccc2scc(-c3nc4ccccc4n3-c3c(-c4ccccc4)cccc3-c3ccccc3)c2c1. The Morgan fingerprint density at radius 2 is 1.25 bits per heavy atom. The Morgan fingerprint density at radius 3 is 1.90 bits per heavy atom. The quantitative estimate of drug-likeness (QED) is 0.195. The molecule has 0 atom stereocenters. The van der Waals surface area contributed by atoms with Gasteiger partial charge in [0, 0.05) is 32.2 Å². The highest BCUT2D eigenvalue weighted by Crippen LogP contribution is 2.42. The van der Waals surface area contributed by atoms with Crippen LogP contribution in [-0.4, -0.2) is 17.6 Å². The zero-order valence-electron chi connectivity index (χ0n) is 22.9. The fourth-order valence-electron chi connectivity index (χ4n) is 5.59. The lowest BCUT2D eigenvalue weighted by Crippen LogP contribution is -2.37.